The van der Waals surface area contributed by atoms with Crippen molar-refractivity contribution in [2.24, 2.45) is 5.10 Å². The largest absolute Gasteiger partial charge is 0.349 e. The van der Waals surface area contributed by atoms with Crippen LogP contribution in [-0.4, -0.2) is 71.2 Å². The number of nitrogens with one attached hydrogen (secondary N) is 1. The highest BCUT2D eigenvalue weighted by Gasteiger charge is 2.40. The molecule has 1 saturated carbocycles. The van der Waals surface area contributed by atoms with Gasteiger partial charge in [-0.25, -0.2) is 5.01 Å². The van der Waals surface area contributed by atoms with Crippen LogP contribution in [0.15, 0.2) is 5.10 Å². The van der Waals surface area contributed by atoms with Gasteiger partial charge >= 0.3 is 0 Å². The van der Waals surface area contributed by atoms with Crippen molar-refractivity contribution in [3.05, 3.63) is 0 Å². The molecule has 0 bridgehead atoms. The van der Waals surface area contributed by atoms with E-state index in [2.05, 4.69) is 15.3 Å². The van der Waals surface area contributed by atoms with Crippen LogP contribution in [0.5, 0.6) is 0 Å². The Kier molecular flexibility index (Phi) is 5.26. The summed E-state index contributed by atoms with van der Waals surface area (Å²) in [7, 11) is 1.61. The first-order chi connectivity index (χ1) is 11.1. The molecule has 0 aromatic heterocycles. The minimum absolute atomic E-state index is 0.0281. The minimum Gasteiger partial charge on any atom is -0.349 e. The molecule has 1 saturated heterocycles. The molecule has 0 spiro atoms. The lowest BCUT2D eigenvalue weighted by Crippen LogP contribution is -2.57. The highest BCUT2D eigenvalue weighted by molar-refractivity contribution is 7.99. The number of carbonyl (C=O) groups is 2. The second-order valence-corrected chi connectivity index (χ2v) is 7.90. The summed E-state index contributed by atoms with van der Waals surface area (Å²) in [6.07, 6.45) is 5.65. The van der Waals surface area contributed by atoms with Crippen molar-refractivity contribution in [2.75, 3.05) is 38.2 Å². The number of hydrogen-bond acceptors (Lipinski definition) is 5. The predicted octanol–water partition coefficient (Wildman–Crippen LogP) is 1.07. The van der Waals surface area contributed by atoms with Crippen molar-refractivity contribution >= 4 is 29.3 Å². The van der Waals surface area contributed by atoms with Gasteiger partial charge in [0.15, 0.2) is 0 Å². The van der Waals surface area contributed by atoms with Crippen LogP contribution < -0.4 is 5.32 Å². The fourth-order valence-corrected chi connectivity index (χ4v) is 4.76. The Morgan fingerprint density at radius 1 is 1.26 bits per heavy atom. The Labute approximate surface area is 142 Å². The van der Waals surface area contributed by atoms with Gasteiger partial charge in [0.25, 0.3) is 5.91 Å². The SMILES string of the molecule is CN1N=C(C(=O)NCC2(N3CCSCC3)CCCC2)CCC1=O. The molecule has 23 heavy (non-hydrogen) atoms. The van der Waals surface area contributed by atoms with Crippen LogP contribution in [-0.2, 0) is 9.59 Å². The summed E-state index contributed by atoms with van der Waals surface area (Å²) in [6, 6.07) is 0. The van der Waals surface area contributed by atoms with Gasteiger partial charge in [-0.3, -0.25) is 14.5 Å². The topological polar surface area (TPSA) is 65.0 Å². The lowest BCUT2D eigenvalue weighted by Gasteiger charge is -2.43. The monoisotopic (exact) mass is 338 g/mol. The van der Waals surface area contributed by atoms with Crippen LogP contribution in [0.25, 0.3) is 0 Å². The molecule has 1 aliphatic carbocycles. The van der Waals surface area contributed by atoms with Gasteiger partial charge < -0.3 is 5.32 Å². The molecule has 2 fully saturated rings. The fourth-order valence-electron chi connectivity index (χ4n) is 3.86. The van der Waals surface area contributed by atoms with E-state index in [9.17, 15) is 9.59 Å². The summed E-state index contributed by atoms with van der Waals surface area (Å²) < 4.78 is 0. The standard InChI is InChI=1S/C16H26N4O2S/c1-19-14(21)5-4-13(18-19)15(22)17-12-16(6-2-3-7-16)20-8-10-23-11-9-20/h2-12H2,1H3,(H,17,22). The maximum atomic E-state index is 12.4. The maximum Gasteiger partial charge on any atom is 0.267 e. The maximum absolute atomic E-state index is 12.4. The molecule has 7 heteroatoms. The van der Waals surface area contributed by atoms with E-state index in [1.807, 2.05) is 11.8 Å². The van der Waals surface area contributed by atoms with E-state index in [1.54, 1.807) is 7.05 Å². The van der Waals surface area contributed by atoms with Gasteiger partial charge in [0.2, 0.25) is 5.91 Å². The predicted molar refractivity (Wildman–Crippen MR) is 92.5 cm³/mol. The first kappa shape index (κ1) is 16.8. The quantitative estimate of drug-likeness (QED) is 0.833. The normalized spacial score (nSPS) is 25.3. The van der Waals surface area contributed by atoms with Gasteiger partial charge in [-0.1, -0.05) is 12.8 Å². The number of rotatable bonds is 4. The molecule has 3 rings (SSSR count). The number of hydrazone groups is 1. The second kappa shape index (κ2) is 7.21. The van der Waals surface area contributed by atoms with E-state index in [1.165, 1.54) is 42.2 Å². The van der Waals surface area contributed by atoms with Crippen LogP contribution in [0.2, 0.25) is 0 Å². The van der Waals surface area contributed by atoms with E-state index in [-0.39, 0.29) is 17.4 Å². The van der Waals surface area contributed by atoms with Crippen molar-refractivity contribution in [2.45, 2.75) is 44.1 Å². The van der Waals surface area contributed by atoms with Crippen molar-refractivity contribution in [1.82, 2.24) is 15.2 Å². The summed E-state index contributed by atoms with van der Waals surface area (Å²) in [5.41, 5.74) is 0.613. The second-order valence-electron chi connectivity index (χ2n) is 6.68. The van der Waals surface area contributed by atoms with E-state index >= 15 is 0 Å². The first-order valence-electron chi connectivity index (χ1n) is 8.56. The fraction of sp³-hybridized carbons (Fsp3) is 0.812. The zero-order chi connectivity index (χ0) is 16.3. The van der Waals surface area contributed by atoms with Crippen molar-refractivity contribution in [1.29, 1.82) is 0 Å². The summed E-state index contributed by atoms with van der Waals surface area (Å²) in [5, 5.41) is 8.51. The van der Waals surface area contributed by atoms with Crippen molar-refractivity contribution < 1.29 is 9.59 Å². The third-order valence-corrected chi connectivity index (χ3v) is 6.21. The van der Waals surface area contributed by atoms with Crippen LogP contribution >= 0.6 is 11.8 Å². The van der Waals surface area contributed by atoms with Gasteiger partial charge in [-0.05, 0) is 12.8 Å². The number of carbonyl (C=O) groups excluding carboxylic acids is 2. The minimum atomic E-state index is -0.109. The Hall–Kier alpha value is -1.08. The molecule has 0 unspecified atom stereocenters. The smallest absolute Gasteiger partial charge is 0.267 e. The molecular formula is C16H26N4O2S. The molecule has 128 valence electrons. The molecule has 0 aromatic carbocycles. The number of amides is 2. The molecule has 3 aliphatic rings. The number of nitrogens with zero attached hydrogens (tertiary/aromatic N) is 3. The third kappa shape index (κ3) is 3.71. The summed E-state index contributed by atoms with van der Waals surface area (Å²) >= 11 is 2.02. The molecule has 2 amide bonds. The highest BCUT2D eigenvalue weighted by atomic mass is 32.2. The van der Waals surface area contributed by atoms with Gasteiger partial charge in [-0.2, -0.15) is 16.9 Å². The summed E-state index contributed by atoms with van der Waals surface area (Å²) in [5.74, 6) is 2.24. The lowest BCUT2D eigenvalue weighted by atomic mass is 9.94. The zero-order valence-corrected chi connectivity index (χ0v) is 14.7. The Morgan fingerprint density at radius 3 is 2.61 bits per heavy atom. The molecule has 0 aromatic rings. The Balaban J connectivity index is 1.62. The van der Waals surface area contributed by atoms with E-state index in [0.29, 0.717) is 25.1 Å². The molecule has 1 N–H and O–H groups in total. The van der Waals surface area contributed by atoms with Crippen LogP contribution in [0.4, 0.5) is 0 Å². The molecule has 2 heterocycles. The number of hydrogen-bond donors (Lipinski definition) is 1. The first-order valence-corrected chi connectivity index (χ1v) is 9.71. The van der Waals surface area contributed by atoms with E-state index in [0.717, 1.165) is 13.1 Å². The number of thioether (sulfide) groups is 1. The van der Waals surface area contributed by atoms with Gasteiger partial charge in [0.05, 0.1) is 0 Å². The summed E-state index contributed by atoms with van der Waals surface area (Å²) in [6.45, 7) is 2.95. The Bertz CT molecular complexity index is 496. The molecular weight excluding hydrogens is 312 g/mol. The molecule has 0 atom stereocenters. The van der Waals surface area contributed by atoms with Crippen LogP contribution in [0, 0.1) is 0 Å². The average molecular weight is 338 g/mol. The van der Waals surface area contributed by atoms with Crippen molar-refractivity contribution in [3.8, 4) is 0 Å². The van der Waals surface area contributed by atoms with Crippen molar-refractivity contribution in [3.63, 3.8) is 0 Å². The Morgan fingerprint density at radius 2 is 1.96 bits per heavy atom. The third-order valence-electron chi connectivity index (χ3n) is 5.26. The zero-order valence-electron chi connectivity index (χ0n) is 13.8. The summed E-state index contributed by atoms with van der Waals surface area (Å²) in [4.78, 5) is 26.5. The lowest BCUT2D eigenvalue weighted by molar-refractivity contribution is -0.130. The molecule has 0 radical (unpaired) electrons. The van der Waals surface area contributed by atoms with Crippen LogP contribution in [0.3, 0.4) is 0 Å². The van der Waals surface area contributed by atoms with Gasteiger partial charge in [0, 0.05) is 56.6 Å². The molecule has 2 aliphatic heterocycles. The van der Waals surface area contributed by atoms with E-state index in [4.69, 9.17) is 0 Å². The van der Waals surface area contributed by atoms with Crippen LogP contribution in [0.1, 0.15) is 38.5 Å². The average Bonchev–Trinajstić information content (AvgIpc) is 3.06. The highest BCUT2D eigenvalue weighted by Crippen LogP contribution is 2.36. The molecule has 6 nitrogen and oxygen atoms in total. The van der Waals surface area contributed by atoms with E-state index < -0.39 is 0 Å². The van der Waals surface area contributed by atoms with Gasteiger partial charge in [0.1, 0.15) is 5.71 Å². The van der Waals surface area contributed by atoms with Gasteiger partial charge in [-0.15, -0.1) is 0 Å².